The quantitative estimate of drug-likeness (QED) is 0.765. The number of hydrogen-bond acceptors (Lipinski definition) is 4. The van der Waals surface area contributed by atoms with Crippen LogP contribution in [0.15, 0.2) is 48.8 Å². The summed E-state index contributed by atoms with van der Waals surface area (Å²) in [7, 11) is 0. The van der Waals surface area contributed by atoms with E-state index in [4.69, 9.17) is 5.26 Å². The number of nitrogens with zero attached hydrogens (tertiary/aromatic N) is 3. The second-order valence-electron chi connectivity index (χ2n) is 4.56. The van der Waals surface area contributed by atoms with Gasteiger partial charge in [-0.15, -0.1) is 0 Å². The molecule has 1 heterocycles. The monoisotopic (exact) mass is 260 g/mol. The summed E-state index contributed by atoms with van der Waals surface area (Å²) in [5, 5.41) is 13.0. The van der Waals surface area contributed by atoms with Crippen molar-refractivity contribution in [2.75, 3.05) is 5.32 Å². The van der Waals surface area contributed by atoms with E-state index in [0.29, 0.717) is 5.56 Å². The highest BCUT2D eigenvalue weighted by atomic mass is 15.0. The van der Waals surface area contributed by atoms with E-state index >= 15 is 0 Å². The number of nitrogens with one attached hydrogen (secondary N) is 1. The van der Waals surface area contributed by atoms with Gasteiger partial charge in [0.05, 0.1) is 17.1 Å². The SMILES string of the molecule is Cc1ccc2ncnc(Nc3ccc(C#N)cc3)c2c1. The summed E-state index contributed by atoms with van der Waals surface area (Å²) in [4.78, 5) is 8.56. The molecule has 4 nitrogen and oxygen atoms in total. The zero-order valence-electron chi connectivity index (χ0n) is 11.0. The predicted octanol–water partition coefficient (Wildman–Crippen LogP) is 3.55. The fraction of sp³-hybridized carbons (Fsp3) is 0.0625. The van der Waals surface area contributed by atoms with Crippen molar-refractivity contribution in [1.29, 1.82) is 5.26 Å². The van der Waals surface area contributed by atoms with E-state index in [0.717, 1.165) is 28.0 Å². The molecular formula is C16H12N4. The minimum Gasteiger partial charge on any atom is -0.340 e. The maximum Gasteiger partial charge on any atom is 0.141 e. The Morgan fingerprint density at radius 2 is 1.85 bits per heavy atom. The standard InChI is InChI=1S/C16H12N4/c1-11-2-7-15-14(8-11)16(19-10-18-15)20-13-5-3-12(9-17)4-6-13/h2-8,10H,1H3,(H,18,19,20). The lowest BCUT2D eigenvalue weighted by molar-refractivity contribution is 1.21. The van der Waals surface area contributed by atoms with Gasteiger partial charge < -0.3 is 5.32 Å². The molecule has 2 aromatic carbocycles. The third-order valence-corrected chi connectivity index (χ3v) is 3.07. The summed E-state index contributed by atoms with van der Waals surface area (Å²) in [5.41, 5.74) is 3.60. The molecule has 0 bridgehead atoms. The van der Waals surface area contributed by atoms with Crippen LogP contribution in [0.3, 0.4) is 0 Å². The van der Waals surface area contributed by atoms with Crippen molar-refractivity contribution in [3.05, 3.63) is 59.9 Å². The van der Waals surface area contributed by atoms with Crippen LogP contribution in [-0.2, 0) is 0 Å². The Balaban J connectivity index is 2.01. The number of aromatic nitrogens is 2. The molecule has 96 valence electrons. The van der Waals surface area contributed by atoms with Crippen LogP contribution in [-0.4, -0.2) is 9.97 Å². The van der Waals surface area contributed by atoms with Gasteiger partial charge in [0.2, 0.25) is 0 Å². The summed E-state index contributed by atoms with van der Waals surface area (Å²) >= 11 is 0. The van der Waals surface area contributed by atoms with Crippen molar-refractivity contribution in [3.63, 3.8) is 0 Å². The Morgan fingerprint density at radius 3 is 2.60 bits per heavy atom. The second-order valence-corrected chi connectivity index (χ2v) is 4.56. The van der Waals surface area contributed by atoms with Crippen molar-refractivity contribution in [3.8, 4) is 6.07 Å². The molecule has 0 aliphatic heterocycles. The first-order valence-electron chi connectivity index (χ1n) is 6.25. The highest BCUT2D eigenvalue weighted by Gasteiger charge is 2.04. The van der Waals surface area contributed by atoms with Crippen molar-refractivity contribution >= 4 is 22.4 Å². The van der Waals surface area contributed by atoms with Gasteiger partial charge in [0.15, 0.2) is 0 Å². The van der Waals surface area contributed by atoms with Crippen LogP contribution in [0.4, 0.5) is 11.5 Å². The van der Waals surface area contributed by atoms with E-state index in [-0.39, 0.29) is 0 Å². The number of rotatable bonds is 2. The Labute approximate surface area is 116 Å². The Morgan fingerprint density at radius 1 is 1.05 bits per heavy atom. The van der Waals surface area contributed by atoms with Gasteiger partial charge in [-0.1, -0.05) is 11.6 Å². The van der Waals surface area contributed by atoms with Gasteiger partial charge in [-0.2, -0.15) is 5.26 Å². The van der Waals surface area contributed by atoms with Crippen molar-refractivity contribution in [2.24, 2.45) is 0 Å². The lowest BCUT2D eigenvalue weighted by Gasteiger charge is -2.08. The summed E-state index contributed by atoms with van der Waals surface area (Å²) in [6.45, 7) is 2.04. The Hall–Kier alpha value is -2.93. The topological polar surface area (TPSA) is 61.6 Å². The predicted molar refractivity (Wildman–Crippen MR) is 78.7 cm³/mol. The molecule has 0 fully saturated rings. The minimum atomic E-state index is 0.638. The van der Waals surface area contributed by atoms with Crippen LogP contribution in [0, 0.1) is 18.3 Å². The van der Waals surface area contributed by atoms with Crippen molar-refractivity contribution in [1.82, 2.24) is 9.97 Å². The van der Waals surface area contributed by atoms with Crippen LogP contribution in [0.2, 0.25) is 0 Å². The van der Waals surface area contributed by atoms with Crippen LogP contribution >= 0.6 is 0 Å². The number of benzene rings is 2. The molecule has 1 aromatic heterocycles. The summed E-state index contributed by atoms with van der Waals surface area (Å²) in [6, 6.07) is 15.4. The van der Waals surface area contributed by atoms with Crippen LogP contribution in [0.25, 0.3) is 10.9 Å². The molecule has 0 saturated carbocycles. The van der Waals surface area contributed by atoms with Crippen molar-refractivity contribution < 1.29 is 0 Å². The van der Waals surface area contributed by atoms with Gasteiger partial charge in [0, 0.05) is 11.1 Å². The number of fused-ring (bicyclic) bond motifs is 1. The Kier molecular flexibility index (Phi) is 3.02. The number of hydrogen-bond donors (Lipinski definition) is 1. The fourth-order valence-electron chi connectivity index (χ4n) is 2.03. The number of aryl methyl sites for hydroxylation is 1. The van der Waals surface area contributed by atoms with E-state index in [1.165, 1.54) is 0 Å². The molecule has 20 heavy (non-hydrogen) atoms. The molecule has 3 aromatic rings. The van der Waals surface area contributed by atoms with Crippen LogP contribution < -0.4 is 5.32 Å². The molecule has 0 saturated heterocycles. The van der Waals surface area contributed by atoms with E-state index in [1.54, 1.807) is 18.5 Å². The van der Waals surface area contributed by atoms with Crippen molar-refractivity contribution in [2.45, 2.75) is 6.92 Å². The Bertz CT molecular complexity index is 801. The smallest absolute Gasteiger partial charge is 0.141 e. The molecule has 0 aliphatic carbocycles. The summed E-state index contributed by atoms with van der Waals surface area (Å²) in [6.07, 6.45) is 1.55. The largest absolute Gasteiger partial charge is 0.340 e. The van der Waals surface area contributed by atoms with E-state index < -0.39 is 0 Å². The third-order valence-electron chi connectivity index (χ3n) is 3.07. The second kappa shape index (κ2) is 4.98. The first-order valence-corrected chi connectivity index (χ1v) is 6.25. The number of nitriles is 1. The normalized spacial score (nSPS) is 10.2. The molecule has 1 N–H and O–H groups in total. The highest BCUT2D eigenvalue weighted by molar-refractivity contribution is 5.91. The number of anilines is 2. The lowest BCUT2D eigenvalue weighted by Crippen LogP contribution is -1.96. The molecule has 0 amide bonds. The zero-order chi connectivity index (χ0) is 13.9. The molecule has 0 atom stereocenters. The molecule has 4 heteroatoms. The average molecular weight is 260 g/mol. The van der Waals surface area contributed by atoms with Crippen LogP contribution in [0.1, 0.15) is 11.1 Å². The molecule has 3 rings (SSSR count). The fourth-order valence-corrected chi connectivity index (χ4v) is 2.03. The highest BCUT2D eigenvalue weighted by Crippen LogP contribution is 2.23. The summed E-state index contributed by atoms with van der Waals surface area (Å²) in [5.74, 6) is 0.767. The van der Waals surface area contributed by atoms with E-state index in [9.17, 15) is 0 Å². The van der Waals surface area contributed by atoms with Gasteiger partial charge in [0.25, 0.3) is 0 Å². The van der Waals surface area contributed by atoms with Gasteiger partial charge in [-0.05, 0) is 43.3 Å². The maximum atomic E-state index is 8.80. The van der Waals surface area contributed by atoms with Gasteiger partial charge in [-0.25, -0.2) is 9.97 Å². The molecular weight excluding hydrogens is 248 g/mol. The molecule has 0 spiro atoms. The van der Waals surface area contributed by atoms with Crippen LogP contribution in [0.5, 0.6) is 0 Å². The lowest BCUT2D eigenvalue weighted by atomic mass is 10.1. The first kappa shape index (κ1) is 12.1. The van der Waals surface area contributed by atoms with Gasteiger partial charge in [-0.3, -0.25) is 0 Å². The minimum absolute atomic E-state index is 0.638. The van der Waals surface area contributed by atoms with Gasteiger partial charge >= 0.3 is 0 Å². The molecule has 0 radical (unpaired) electrons. The molecule has 0 aliphatic rings. The average Bonchev–Trinajstić information content (AvgIpc) is 2.49. The zero-order valence-corrected chi connectivity index (χ0v) is 11.0. The van der Waals surface area contributed by atoms with Gasteiger partial charge in [0.1, 0.15) is 12.1 Å². The maximum absolute atomic E-state index is 8.80. The summed E-state index contributed by atoms with van der Waals surface area (Å²) < 4.78 is 0. The first-order chi connectivity index (χ1) is 9.76. The van der Waals surface area contributed by atoms with E-state index in [1.807, 2.05) is 31.2 Å². The molecule has 0 unspecified atom stereocenters. The third kappa shape index (κ3) is 2.29. The van der Waals surface area contributed by atoms with E-state index in [2.05, 4.69) is 27.4 Å².